The van der Waals surface area contributed by atoms with Crippen LogP contribution in [-0.2, 0) is 9.53 Å². The third-order valence-corrected chi connectivity index (χ3v) is 1.86. The summed E-state index contributed by atoms with van der Waals surface area (Å²) in [4.78, 5) is 10.4. The van der Waals surface area contributed by atoms with Crippen molar-refractivity contribution in [3.63, 3.8) is 0 Å². The number of carbonyl (C=O) groups is 1. The Balaban J connectivity index is 3.34. The van der Waals surface area contributed by atoms with Crippen LogP contribution >= 0.6 is 25.3 Å². The highest BCUT2D eigenvalue weighted by Gasteiger charge is 2.01. The van der Waals surface area contributed by atoms with E-state index in [0.717, 1.165) is 6.08 Å². The van der Waals surface area contributed by atoms with Gasteiger partial charge in [-0.25, -0.2) is 4.79 Å². The van der Waals surface area contributed by atoms with E-state index >= 15 is 0 Å². The van der Waals surface area contributed by atoms with Crippen LogP contribution in [0.4, 0.5) is 0 Å². The lowest BCUT2D eigenvalue weighted by Gasteiger charge is -2.05. The van der Waals surface area contributed by atoms with Gasteiger partial charge in [0.1, 0.15) is 6.61 Å². The predicted octanol–water partition coefficient (Wildman–Crippen LogP) is 0.944. The molecule has 0 fully saturated rings. The largest absolute Gasteiger partial charge is 0.461 e. The van der Waals surface area contributed by atoms with E-state index in [0.29, 0.717) is 5.75 Å². The summed E-state index contributed by atoms with van der Waals surface area (Å²) in [5, 5.41) is 0.00670. The van der Waals surface area contributed by atoms with Crippen molar-refractivity contribution >= 4 is 31.2 Å². The molecule has 0 aliphatic rings. The second-order valence-electron chi connectivity index (χ2n) is 1.67. The minimum absolute atomic E-state index is 0.00670. The van der Waals surface area contributed by atoms with E-state index in [9.17, 15) is 4.79 Å². The van der Waals surface area contributed by atoms with Gasteiger partial charge in [-0.2, -0.15) is 25.3 Å². The van der Waals surface area contributed by atoms with Gasteiger partial charge in [0, 0.05) is 17.1 Å². The molecule has 0 aromatic rings. The fourth-order valence-electron chi connectivity index (χ4n) is 0.290. The van der Waals surface area contributed by atoms with Gasteiger partial charge in [0.2, 0.25) is 0 Å². The van der Waals surface area contributed by atoms with Crippen LogP contribution in [0.15, 0.2) is 12.7 Å². The summed E-state index contributed by atoms with van der Waals surface area (Å²) < 4.78 is 4.66. The highest BCUT2D eigenvalue weighted by atomic mass is 32.1. The van der Waals surface area contributed by atoms with E-state index in [4.69, 9.17) is 0 Å². The van der Waals surface area contributed by atoms with Crippen molar-refractivity contribution in [2.75, 3.05) is 12.4 Å². The summed E-state index contributed by atoms with van der Waals surface area (Å²) in [5.41, 5.74) is 0. The molecule has 0 aromatic carbocycles. The van der Waals surface area contributed by atoms with Crippen LogP contribution in [0.2, 0.25) is 0 Å². The van der Waals surface area contributed by atoms with Gasteiger partial charge in [-0.05, 0) is 0 Å². The Kier molecular flexibility index (Phi) is 5.63. The summed E-state index contributed by atoms with van der Waals surface area (Å²) in [5.74, 6) is 0.175. The van der Waals surface area contributed by atoms with Crippen molar-refractivity contribution in [1.29, 1.82) is 0 Å². The molecule has 10 heavy (non-hydrogen) atoms. The van der Waals surface area contributed by atoms with Gasteiger partial charge in [0.05, 0.1) is 0 Å². The monoisotopic (exact) mass is 178 g/mol. The Morgan fingerprint density at radius 1 is 1.80 bits per heavy atom. The third-order valence-electron chi connectivity index (χ3n) is 0.795. The summed E-state index contributed by atoms with van der Waals surface area (Å²) in [6, 6.07) is 0. The van der Waals surface area contributed by atoms with Crippen molar-refractivity contribution in [3.8, 4) is 0 Å². The van der Waals surface area contributed by atoms with Gasteiger partial charge in [0.15, 0.2) is 0 Å². The van der Waals surface area contributed by atoms with Crippen molar-refractivity contribution in [1.82, 2.24) is 0 Å². The molecule has 0 aromatic heterocycles. The quantitative estimate of drug-likeness (QED) is 0.381. The number of hydrogen-bond donors (Lipinski definition) is 2. The van der Waals surface area contributed by atoms with Gasteiger partial charge in [-0.3, -0.25) is 0 Å². The SMILES string of the molecule is C=CC(=O)OCC(S)CS. The maximum Gasteiger partial charge on any atom is 0.330 e. The van der Waals surface area contributed by atoms with E-state index in [2.05, 4.69) is 36.6 Å². The Labute approximate surface area is 71.5 Å². The molecular weight excluding hydrogens is 168 g/mol. The van der Waals surface area contributed by atoms with Crippen LogP contribution in [0.5, 0.6) is 0 Å². The molecule has 0 bridgehead atoms. The lowest BCUT2D eigenvalue weighted by Crippen LogP contribution is -2.13. The van der Waals surface area contributed by atoms with Crippen molar-refractivity contribution < 1.29 is 9.53 Å². The molecule has 1 unspecified atom stereocenters. The number of rotatable bonds is 4. The van der Waals surface area contributed by atoms with Crippen molar-refractivity contribution in [3.05, 3.63) is 12.7 Å². The number of hydrogen-bond acceptors (Lipinski definition) is 4. The molecule has 4 heteroatoms. The molecule has 0 radical (unpaired) electrons. The number of carbonyl (C=O) groups excluding carboxylic acids is 1. The van der Waals surface area contributed by atoms with Gasteiger partial charge in [-0.15, -0.1) is 0 Å². The zero-order chi connectivity index (χ0) is 7.98. The Bertz CT molecular complexity index is 125. The van der Waals surface area contributed by atoms with Gasteiger partial charge in [0.25, 0.3) is 0 Å². The van der Waals surface area contributed by atoms with Crippen LogP contribution in [0.1, 0.15) is 0 Å². The predicted molar refractivity (Wildman–Crippen MR) is 47.8 cm³/mol. The summed E-state index contributed by atoms with van der Waals surface area (Å²) in [6.45, 7) is 3.53. The minimum atomic E-state index is -0.416. The standard InChI is InChI=1S/C6H10O2S2/c1-2-6(7)8-3-5(10)4-9/h2,5,9-10H,1,3-4H2. The zero-order valence-corrected chi connectivity index (χ0v) is 7.28. The van der Waals surface area contributed by atoms with Crippen LogP contribution in [0.25, 0.3) is 0 Å². The van der Waals surface area contributed by atoms with Gasteiger partial charge >= 0.3 is 5.97 Å². The van der Waals surface area contributed by atoms with Crippen molar-refractivity contribution in [2.24, 2.45) is 0 Å². The Hall–Kier alpha value is -0.0900. The molecule has 0 rings (SSSR count). The van der Waals surface area contributed by atoms with Crippen molar-refractivity contribution in [2.45, 2.75) is 5.25 Å². The minimum Gasteiger partial charge on any atom is -0.461 e. The molecule has 0 aliphatic carbocycles. The smallest absolute Gasteiger partial charge is 0.330 e. The molecule has 1 atom stereocenters. The Morgan fingerprint density at radius 3 is 2.80 bits per heavy atom. The average molecular weight is 178 g/mol. The first-order valence-electron chi connectivity index (χ1n) is 2.78. The second-order valence-corrected chi connectivity index (χ2v) is 2.77. The lowest BCUT2D eigenvalue weighted by atomic mass is 10.5. The van der Waals surface area contributed by atoms with Crippen LogP contribution in [0, 0.1) is 0 Å². The first-order valence-corrected chi connectivity index (χ1v) is 3.93. The lowest BCUT2D eigenvalue weighted by molar-refractivity contribution is -0.137. The molecule has 0 saturated carbocycles. The maximum absolute atomic E-state index is 10.4. The molecule has 0 spiro atoms. The van der Waals surface area contributed by atoms with E-state index in [1.807, 2.05) is 0 Å². The third kappa shape index (κ3) is 4.76. The summed E-state index contributed by atoms with van der Waals surface area (Å²) in [7, 11) is 0. The molecule has 58 valence electrons. The van der Waals surface area contributed by atoms with Crippen LogP contribution in [0.3, 0.4) is 0 Å². The molecule has 0 heterocycles. The number of thiol groups is 2. The number of ether oxygens (including phenoxy) is 1. The molecular formula is C6H10O2S2. The number of esters is 1. The highest BCUT2D eigenvalue weighted by molar-refractivity contribution is 7.84. The molecule has 0 aliphatic heterocycles. The zero-order valence-electron chi connectivity index (χ0n) is 5.49. The molecule has 2 nitrogen and oxygen atoms in total. The van der Waals surface area contributed by atoms with E-state index in [1.165, 1.54) is 0 Å². The van der Waals surface area contributed by atoms with E-state index < -0.39 is 5.97 Å². The molecule has 0 N–H and O–H groups in total. The fraction of sp³-hybridized carbons (Fsp3) is 0.500. The molecule has 0 saturated heterocycles. The maximum atomic E-state index is 10.4. The first kappa shape index (κ1) is 9.91. The van der Waals surface area contributed by atoms with Crippen LogP contribution in [-0.4, -0.2) is 23.6 Å². The highest BCUT2D eigenvalue weighted by Crippen LogP contribution is 1.97. The molecule has 0 amide bonds. The first-order chi connectivity index (χ1) is 4.70. The van der Waals surface area contributed by atoms with Gasteiger partial charge < -0.3 is 4.74 Å². The average Bonchev–Trinajstić information content (AvgIpc) is 1.99. The topological polar surface area (TPSA) is 26.3 Å². The second kappa shape index (κ2) is 5.68. The van der Waals surface area contributed by atoms with E-state index in [1.54, 1.807) is 0 Å². The summed E-state index contributed by atoms with van der Waals surface area (Å²) in [6.07, 6.45) is 1.12. The normalized spacial score (nSPS) is 12.2. The van der Waals surface area contributed by atoms with Crippen LogP contribution < -0.4 is 0 Å². The van der Waals surface area contributed by atoms with E-state index in [-0.39, 0.29) is 11.9 Å². The van der Waals surface area contributed by atoms with Gasteiger partial charge in [-0.1, -0.05) is 6.58 Å². The summed E-state index contributed by atoms with van der Waals surface area (Å²) >= 11 is 8.01. The fourth-order valence-corrected chi connectivity index (χ4v) is 0.470. The Morgan fingerprint density at radius 2 is 2.40 bits per heavy atom.